The van der Waals surface area contributed by atoms with Crippen LogP contribution >= 0.6 is 0 Å². The number of hydrogen-bond donors (Lipinski definition) is 1. The molecule has 2 aliphatic rings. The number of hydrogen-bond acceptors (Lipinski definition) is 4. The average molecular weight is 451 g/mol. The molecule has 1 saturated heterocycles. The molecule has 0 bridgehead atoms. The molecular weight excluding hydrogens is 416 g/mol. The Bertz CT molecular complexity index is 1060. The maximum Gasteiger partial charge on any atom is 0.253 e. The van der Waals surface area contributed by atoms with Crippen molar-refractivity contribution in [1.29, 1.82) is 5.26 Å². The number of aromatic nitrogens is 1. The normalized spacial score (nSPS) is 18.5. The minimum atomic E-state index is -0.159. The summed E-state index contributed by atoms with van der Waals surface area (Å²) >= 11 is 0. The Morgan fingerprint density at radius 2 is 2.03 bits per heavy atom. The molecule has 1 aliphatic carbocycles. The van der Waals surface area contributed by atoms with Crippen LogP contribution in [0.2, 0.25) is 0 Å². The fraction of sp³-hybridized carbons (Fsp3) is 0.577. The Kier molecular flexibility index (Phi) is 7.34. The van der Waals surface area contributed by atoms with Crippen LogP contribution in [-0.2, 0) is 29.4 Å². The van der Waals surface area contributed by atoms with Crippen LogP contribution in [0.5, 0.6) is 0 Å². The molecule has 7 heteroatoms. The van der Waals surface area contributed by atoms with Gasteiger partial charge in [0.05, 0.1) is 6.07 Å². The molecule has 1 fully saturated rings. The zero-order valence-corrected chi connectivity index (χ0v) is 19.7. The van der Waals surface area contributed by atoms with Gasteiger partial charge in [0.2, 0.25) is 5.91 Å². The Balaban J connectivity index is 1.47. The zero-order valence-electron chi connectivity index (χ0n) is 19.7. The molecule has 0 unspecified atom stereocenters. The van der Waals surface area contributed by atoms with Crippen molar-refractivity contribution in [1.82, 2.24) is 14.8 Å². The van der Waals surface area contributed by atoms with E-state index in [0.717, 1.165) is 44.8 Å². The Morgan fingerprint density at radius 3 is 2.79 bits per heavy atom. The van der Waals surface area contributed by atoms with E-state index in [1.807, 2.05) is 12.1 Å². The van der Waals surface area contributed by atoms with Crippen molar-refractivity contribution in [3.05, 3.63) is 35.0 Å². The molecule has 176 valence electrons. The number of fused-ring (bicyclic) bond motifs is 3. The second-order valence-corrected chi connectivity index (χ2v) is 9.43. The van der Waals surface area contributed by atoms with E-state index in [4.69, 9.17) is 10.00 Å². The highest BCUT2D eigenvalue weighted by Gasteiger charge is 2.31. The number of rotatable bonds is 7. The molecule has 0 radical (unpaired) electrons. The van der Waals surface area contributed by atoms with Crippen LogP contribution in [0.1, 0.15) is 53.7 Å². The van der Waals surface area contributed by atoms with E-state index >= 15 is 0 Å². The van der Waals surface area contributed by atoms with Crippen molar-refractivity contribution >= 4 is 22.7 Å². The number of nitrogens with zero attached hydrogens (tertiary/aromatic N) is 3. The molecular formula is C26H34N4O3. The SMILES string of the molecule is CN(CCCC(=O)NCC#N)C(=O)c1ccc2c(c1)c1c(n2C)CC[C@@H](C2CCOCC2)C1. The third-order valence-electron chi connectivity index (χ3n) is 7.44. The van der Waals surface area contributed by atoms with E-state index in [2.05, 4.69) is 29.1 Å². The van der Waals surface area contributed by atoms with Crippen molar-refractivity contribution in [2.75, 3.05) is 33.4 Å². The monoisotopic (exact) mass is 450 g/mol. The Labute approximate surface area is 195 Å². The standard InChI is InChI=1S/C26H34N4O3/c1-29(13-3-4-25(31)28-12-11-27)26(32)20-6-8-24-22(17-20)21-16-19(5-7-23(21)30(24)2)18-9-14-33-15-10-18/h6,8,17-19H,3-5,7,9-10,12-16H2,1-2H3,(H,28,31)/t19-/m1/s1. The third-order valence-corrected chi connectivity index (χ3v) is 7.44. The van der Waals surface area contributed by atoms with E-state index in [1.165, 1.54) is 28.6 Å². The van der Waals surface area contributed by atoms with Crippen LogP contribution in [0.3, 0.4) is 0 Å². The summed E-state index contributed by atoms with van der Waals surface area (Å²) in [7, 11) is 3.92. The van der Waals surface area contributed by atoms with Crippen molar-refractivity contribution in [3.63, 3.8) is 0 Å². The summed E-state index contributed by atoms with van der Waals surface area (Å²) in [4.78, 5) is 26.4. The lowest BCUT2D eigenvalue weighted by Gasteiger charge is -2.33. The number of nitriles is 1. The summed E-state index contributed by atoms with van der Waals surface area (Å²) in [5.41, 5.74) is 4.72. The molecule has 0 spiro atoms. The molecule has 2 aromatic rings. The minimum absolute atomic E-state index is 0.0182. The lowest BCUT2D eigenvalue weighted by Crippen LogP contribution is -2.29. The summed E-state index contributed by atoms with van der Waals surface area (Å²) < 4.78 is 7.88. The highest BCUT2D eigenvalue weighted by atomic mass is 16.5. The van der Waals surface area contributed by atoms with Crippen LogP contribution < -0.4 is 5.32 Å². The fourth-order valence-electron chi connectivity index (χ4n) is 5.55. The quantitative estimate of drug-likeness (QED) is 0.656. The molecule has 2 heterocycles. The van der Waals surface area contributed by atoms with Crippen molar-refractivity contribution < 1.29 is 14.3 Å². The highest BCUT2D eigenvalue weighted by Crippen LogP contribution is 2.39. The fourth-order valence-corrected chi connectivity index (χ4v) is 5.55. The van der Waals surface area contributed by atoms with Gasteiger partial charge < -0.3 is 19.5 Å². The number of amides is 2. The lowest BCUT2D eigenvalue weighted by atomic mass is 9.75. The van der Waals surface area contributed by atoms with Gasteiger partial charge >= 0.3 is 0 Å². The number of aryl methyl sites for hydroxylation is 1. The summed E-state index contributed by atoms with van der Waals surface area (Å²) in [6.07, 6.45) is 6.61. The first-order valence-corrected chi connectivity index (χ1v) is 12.1. The van der Waals surface area contributed by atoms with E-state index in [-0.39, 0.29) is 18.4 Å². The summed E-state index contributed by atoms with van der Waals surface area (Å²) in [6, 6.07) is 7.96. The van der Waals surface area contributed by atoms with Gasteiger partial charge in [-0.1, -0.05) is 0 Å². The first kappa shape index (κ1) is 23.3. The summed E-state index contributed by atoms with van der Waals surface area (Å²) in [5.74, 6) is 1.25. The van der Waals surface area contributed by atoms with E-state index in [9.17, 15) is 9.59 Å². The smallest absolute Gasteiger partial charge is 0.253 e. The second kappa shape index (κ2) is 10.4. The number of carbonyl (C=O) groups excluding carboxylic acids is 2. The van der Waals surface area contributed by atoms with Crippen LogP contribution in [-0.4, -0.2) is 54.6 Å². The molecule has 1 atom stereocenters. The number of ether oxygens (including phenoxy) is 1. The molecule has 2 amide bonds. The van der Waals surface area contributed by atoms with E-state index in [0.29, 0.717) is 30.9 Å². The molecule has 1 aromatic carbocycles. The molecule has 33 heavy (non-hydrogen) atoms. The molecule has 7 nitrogen and oxygen atoms in total. The molecule has 1 aliphatic heterocycles. The maximum atomic E-state index is 13.1. The lowest BCUT2D eigenvalue weighted by molar-refractivity contribution is -0.121. The van der Waals surface area contributed by atoms with Gasteiger partial charge in [0.15, 0.2) is 0 Å². The van der Waals surface area contributed by atoms with Gasteiger partial charge in [-0.05, 0) is 74.1 Å². The van der Waals surface area contributed by atoms with Gasteiger partial charge in [-0.15, -0.1) is 0 Å². The maximum absolute atomic E-state index is 13.1. The molecule has 1 aromatic heterocycles. The van der Waals surface area contributed by atoms with Crippen molar-refractivity contribution in [2.24, 2.45) is 18.9 Å². The predicted octanol–water partition coefficient (Wildman–Crippen LogP) is 3.20. The minimum Gasteiger partial charge on any atom is -0.381 e. The summed E-state index contributed by atoms with van der Waals surface area (Å²) in [5, 5.41) is 12.3. The van der Waals surface area contributed by atoms with Gasteiger partial charge in [0.25, 0.3) is 5.91 Å². The topological polar surface area (TPSA) is 87.4 Å². The van der Waals surface area contributed by atoms with E-state index < -0.39 is 0 Å². The largest absolute Gasteiger partial charge is 0.381 e. The van der Waals surface area contributed by atoms with Crippen LogP contribution in [0.25, 0.3) is 10.9 Å². The number of nitrogens with one attached hydrogen (secondary N) is 1. The highest BCUT2D eigenvalue weighted by molar-refractivity contribution is 5.99. The van der Waals surface area contributed by atoms with Gasteiger partial charge in [0.1, 0.15) is 6.54 Å². The first-order chi connectivity index (χ1) is 16.0. The Hall–Kier alpha value is -2.85. The molecule has 0 saturated carbocycles. The zero-order chi connectivity index (χ0) is 23.4. The van der Waals surface area contributed by atoms with Crippen molar-refractivity contribution in [2.45, 2.75) is 44.9 Å². The summed E-state index contributed by atoms with van der Waals surface area (Å²) in [6.45, 7) is 2.28. The van der Waals surface area contributed by atoms with Gasteiger partial charge in [-0.25, -0.2) is 0 Å². The molecule has 1 N–H and O–H groups in total. The Morgan fingerprint density at radius 1 is 1.24 bits per heavy atom. The van der Waals surface area contributed by atoms with Crippen LogP contribution in [0, 0.1) is 23.2 Å². The second-order valence-electron chi connectivity index (χ2n) is 9.43. The van der Waals surface area contributed by atoms with Crippen LogP contribution in [0.4, 0.5) is 0 Å². The van der Waals surface area contributed by atoms with Gasteiger partial charge in [-0.3, -0.25) is 9.59 Å². The van der Waals surface area contributed by atoms with Crippen LogP contribution in [0.15, 0.2) is 18.2 Å². The number of benzene rings is 1. The van der Waals surface area contributed by atoms with Gasteiger partial charge in [0, 0.05) is 62.4 Å². The van der Waals surface area contributed by atoms with Crippen molar-refractivity contribution in [3.8, 4) is 6.07 Å². The van der Waals surface area contributed by atoms with E-state index in [1.54, 1.807) is 11.9 Å². The average Bonchev–Trinajstić information content (AvgIpc) is 3.13. The first-order valence-electron chi connectivity index (χ1n) is 12.1. The third kappa shape index (κ3) is 5.06. The molecule has 4 rings (SSSR count). The number of carbonyl (C=O) groups is 2. The van der Waals surface area contributed by atoms with Gasteiger partial charge in [-0.2, -0.15) is 5.26 Å². The predicted molar refractivity (Wildman–Crippen MR) is 127 cm³/mol.